The molecular weight excluding hydrogens is 438 g/mol. The summed E-state index contributed by atoms with van der Waals surface area (Å²) in [6.07, 6.45) is 9.42. The molecule has 1 heterocycles. The zero-order valence-electron chi connectivity index (χ0n) is 22.0. The number of anilines is 2. The van der Waals surface area contributed by atoms with Crippen molar-refractivity contribution >= 4 is 11.8 Å². The van der Waals surface area contributed by atoms with E-state index in [1.54, 1.807) is 0 Å². The quantitative estimate of drug-likeness (QED) is 0.469. The molecule has 35 heavy (non-hydrogen) atoms. The number of aromatic nitrogens is 2. The van der Waals surface area contributed by atoms with Crippen molar-refractivity contribution in [2.75, 3.05) is 44.1 Å². The molecule has 0 radical (unpaired) electrons. The summed E-state index contributed by atoms with van der Waals surface area (Å²) in [6, 6.07) is 6.61. The maximum Gasteiger partial charge on any atom is 0.225 e. The minimum Gasteiger partial charge on any atom is -0.494 e. The summed E-state index contributed by atoms with van der Waals surface area (Å²) in [5.74, 6) is 4.39. The fourth-order valence-corrected chi connectivity index (χ4v) is 5.34. The summed E-state index contributed by atoms with van der Waals surface area (Å²) in [4.78, 5) is 11.9. The first-order chi connectivity index (χ1) is 17.1. The molecule has 0 bridgehead atoms. The Morgan fingerprint density at radius 2 is 1.74 bits per heavy atom. The highest BCUT2D eigenvalue weighted by Crippen LogP contribution is 2.31. The maximum absolute atomic E-state index is 5.85. The van der Waals surface area contributed by atoms with Crippen LogP contribution in [0, 0.1) is 5.92 Å². The highest BCUT2D eigenvalue weighted by atomic mass is 16.5. The van der Waals surface area contributed by atoms with Crippen LogP contribution in [0.3, 0.4) is 0 Å². The highest BCUT2D eigenvalue weighted by molar-refractivity contribution is 5.53. The van der Waals surface area contributed by atoms with Crippen LogP contribution in [0.5, 0.6) is 11.5 Å². The molecule has 4 rings (SSSR count). The smallest absolute Gasteiger partial charge is 0.225 e. The molecule has 1 saturated carbocycles. The molecule has 1 fully saturated rings. The number of aryl methyl sites for hydroxylation is 1. The van der Waals surface area contributed by atoms with Crippen LogP contribution in [-0.2, 0) is 19.4 Å². The molecule has 2 aromatic rings. The molecule has 2 aliphatic rings. The molecule has 7 heteroatoms. The third kappa shape index (κ3) is 6.78. The fraction of sp³-hybridized carbons (Fsp3) is 0.643. The first-order valence-electron chi connectivity index (χ1n) is 13.5. The molecule has 192 valence electrons. The first kappa shape index (κ1) is 25.5. The van der Waals surface area contributed by atoms with Gasteiger partial charge in [0.1, 0.15) is 17.3 Å². The number of rotatable bonds is 11. The van der Waals surface area contributed by atoms with Crippen LogP contribution >= 0.6 is 0 Å². The lowest BCUT2D eigenvalue weighted by molar-refractivity contribution is 0.314. The molecule has 0 saturated heterocycles. The van der Waals surface area contributed by atoms with Gasteiger partial charge in [-0.3, -0.25) is 0 Å². The maximum atomic E-state index is 5.85. The average Bonchev–Trinajstić information content (AvgIpc) is 2.86. The lowest BCUT2D eigenvalue weighted by Gasteiger charge is -2.30. The van der Waals surface area contributed by atoms with Gasteiger partial charge in [0, 0.05) is 43.9 Å². The van der Waals surface area contributed by atoms with Crippen molar-refractivity contribution in [2.24, 2.45) is 5.92 Å². The summed E-state index contributed by atoms with van der Waals surface area (Å²) < 4.78 is 11.5. The van der Waals surface area contributed by atoms with Gasteiger partial charge in [-0.2, -0.15) is 4.98 Å². The predicted octanol–water partition coefficient (Wildman–Crippen LogP) is 4.98. The van der Waals surface area contributed by atoms with Crippen LogP contribution in [0.2, 0.25) is 0 Å². The van der Waals surface area contributed by atoms with E-state index >= 15 is 0 Å². The number of nitrogens with zero attached hydrogens (tertiary/aromatic N) is 3. The average molecular weight is 482 g/mol. The SMILES string of the molecule is CCOc1ccc(CNCC2CCC(Nc3nc4c(c(N(C)C)n3)CCCC4)CC2)c(OCC)c1. The van der Waals surface area contributed by atoms with Crippen LogP contribution in [0.4, 0.5) is 11.8 Å². The molecule has 0 amide bonds. The van der Waals surface area contributed by atoms with Crippen LogP contribution in [0.15, 0.2) is 18.2 Å². The normalized spacial score (nSPS) is 19.7. The van der Waals surface area contributed by atoms with Gasteiger partial charge in [0.15, 0.2) is 0 Å². The molecule has 1 aromatic heterocycles. The van der Waals surface area contributed by atoms with Crippen molar-refractivity contribution in [3.05, 3.63) is 35.0 Å². The number of benzene rings is 1. The Morgan fingerprint density at radius 3 is 2.49 bits per heavy atom. The topological polar surface area (TPSA) is 71.5 Å². The highest BCUT2D eigenvalue weighted by Gasteiger charge is 2.24. The van der Waals surface area contributed by atoms with Crippen LogP contribution in [0.1, 0.15) is 69.2 Å². The number of nitrogens with one attached hydrogen (secondary N) is 2. The molecule has 0 aliphatic heterocycles. The zero-order chi connectivity index (χ0) is 24.6. The van der Waals surface area contributed by atoms with Gasteiger partial charge < -0.3 is 25.0 Å². The summed E-state index contributed by atoms with van der Waals surface area (Å²) in [5, 5.41) is 7.34. The van der Waals surface area contributed by atoms with E-state index in [0.29, 0.717) is 25.2 Å². The van der Waals surface area contributed by atoms with E-state index < -0.39 is 0 Å². The van der Waals surface area contributed by atoms with Crippen molar-refractivity contribution in [1.29, 1.82) is 0 Å². The second-order valence-corrected chi connectivity index (χ2v) is 10.0. The Hall–Kier alpha value is -2.54. The van der Waals surface area contributed by atoms with E-state index in [9.17, 15) is 0 Å². The van der Waals surface area contributed by atoms with Gasteiger partial charge in [-0.25, -0.2) is 4.98 Å². The van der Waals surface area contributed by atoms with E-state index in [1.165, 1.54) is 42.5 Å². The zero-order valence-corrected chi connectivity index (χ0v) is 22.0. The third-order valence-corrected chi connectivity index (χ3v) is 7.16. The van der Waals surface area contributed by atoms with Gasteiger partial charge >= 0.3 is 0 Å². The largest absolute Gasteiger partial charge is 0.494 e. The van der Waals surface area contributed by atoms with E-state index in [2.05, 4.69) is 35.7 Å². The monoisotopic (exact) mass is 481 g/mol. The second-order valence-electron chi connectivity index (χ2n) is 10.0. The fourth-order valence-electron chi connectivity index (χ4n) is 5.34. The van der Waals surface area contributed by atoms with Gasteiger partial charge in [0.05, 0.1) is 18.9 Å². The summed E-state index contributed by atoms with van der Waals surface area (Å²) in [7, 11) is 4.17. The minimum absolute atomic E-state index is 0.457. The summed E-state index contributed by atoms with van der Waals surface area (Å²) >= 11 is 0. The van der Waals surface area contributed by atoms with E-state index in [0.717, 1.165) is 62.0 Å². The Morgan fingerprint density at radius 1 is 0.971 bits per heavy atom. The lowest BCUT2D eigenvalue weighted by atomic mass is 9.86. The third-order valence-electron chi connectivity index (χ3n) is 7.16. The Kier molecular flexibility index (Phi) is 9.07. The lowest BCUT2D eigenvalue weighted by Crippen LogP contribution is -2.32. The number of hydrogen-bond donors (Lipinski definition) is 2. The number of fused-ring (bicyclic) bond motifs is 1. The molecular formula is C28H43N5O2. The van der Waals surface area contributed by atoms with Crippen molar-refractivity contribution in [3.63, 3.8) is 0 Å². The van der Waals surface area contributed by atoms with Crippen molar-refractivity contribution in [2.45, 2.75) is 77.8 Å². The molecule has 0 atom stereocenters. The van der Waals surface area contributed by atoms with E-state index in [1.807, 2.05) is 26.0 Å². The van der Waals surface area contributed by atoms with Gasteiger partial charge in [0.2, 0.25) is 5.95 Å². The van der Waals surface area contributed by atoms with Crippen LogP contribution < -0.4 is 25.0 Å². The van der Waals surface area contributed by atoms with E-state index in [4.69, 9.17) is 19.4 Å². The first-order valence-corrected chi connectivity index (χ1v) is 13.5. The second kappa shape index (κ2) is 12.4. The van der Waals surface area contributed by atoms with Gasteiger partial charge in [-0.15, -0.1) is 0 Å². The van der Waals surface area contributed by atoms with Crippen LogP contribution in [0.25, 0.3) is 0 Å². The number of ether oxygens (including phenoxy) is 2. The standard InChI is InChI=1S/C28H43N5O2/c1-5-34-23-16-13-21(26(17-23)35-6-2)19-29-18-20-11-14-22(15-12-20)30-28-31-25-10-8-7-9-24(25)27(32-28)33(3)4/h13,16-17,20,22,29H,5-12,14-15,18-19H2,1-4H3,(H,30,31,32). The number of hydrogen-bond acceptors (Lipinski definition) is 7. The molecule has 7 nitrogen and oxygen atoms in total. The van der Waals surface area contributed by atoms with Crippen LogP contribution in [-0.4, -0.2) is 49.9 Å². The minimum atomic E-state index is 0.457. The molecule has 2 aliphatic carbocycles. The molecule has 2 N–H and O–H groups in total. The van der Waals surface area contributed by atoms with Crippen molar-refractivity contribution < 1.29 is 9.47 Å². The summed E-state index contributed by atoms with van der Waals surface area (Å²) in [6.45, 7) is 7.19. The van der Waals surface area contributed by atoms with Gasteiger partial charge in [-0.05, 0) is 83.7 Å². The van der Waals surface area contributed by atoms with Gasteiger partial charge in [0.25, 0.3) is 0 Å². The molecule has 1 aromatic carbocycles. The van der Waals surface area contributed by atoms with Crippen molar-refractivity contribution in [3.8, 4) is 11.5 Å². The van der Waals surface area contributed by atoms with E-state index in [-0.39, 0.29) is 0 Å². The Balaban J connectivity index is 1.26. The molecule has 0 unspecified atom stereocenters. The van der Waals surface area contributed by atoms with Gasteiger partial charge in [-0.1, -0.05) is 6.07 Å². The molecule has 0 spiro atoms. The Bertz CT molecular complexity index is 957. The Labute approximate surface area is 211 Å². The summed E-state index contributed by atoms with van der Waals surface area (Å²) in [5.41, 5.74) is 3.78. The van der Waals surface area contributed by atoms with Crippen molar-refractivity contribution in [1.82, 2.24) is 15.3 Å². The predicted molar refractivity (Wildman–Crippen MR) is 143 cm³/mol.